The van der Waals surface area contributed by atoms with E-state index in [1.165, 1.54) is 0 Å². The van der Waals surface area contributed by atoms with Crippen LogP contribution >= 0.6 is 0 Å². The Morgan fingerprint density at radius 3 is 2.43 bits per heavy atom. The summed E-state index contributed by atoms with van der Waals surface area (Å²) in [6.07, 6.45) is 4.47. The molecule has 1 fully saturated rings. The van der Waals surface area contributed by atoms with E-state index in [0.29, 0.717) is 42.1 Å². The maximum Gasteiger partial charge on any atom is 0.274 e. The number of rotatable bonds is 10. The minimum Gasteiger partial charge on any atom is -0.330 e. The van der Waals surface area contributed by atoms with Gasteiger partial charge in [-0.15, -0.1) is 0 Å². The monoisotopic (exact) mass is 621 g/mol. The van der Waals surface area contributed by atoms with Crippen LogP contribution in [-0.4, -0.2) is 33.9 Å². The average molecular weight is 622 g/mol. The van der Waals surface area contributed by atoms with Crippen LogP contribution in [0.4, 0.5) is 11.4 Å². The molecule has 2 amide bonds. The van der Waals surface area contributed by atoms with Crippen molar-refractivity contribution in [2.24, 2.45) is 23.5 Å². The number of benzene rings is 3. The standard InChI is InChI=1S/C37H43N5O4/c1-21(2)42-37(46)31-14-22(3)30(19-33(31)41-42)25-8-4-23(5-9-25)15-28(16-34(43)26-10-6-24(20-38)7-11-26)36(45)39-29-13-12-27-17-35(44)40-32(27)18-29/h4-5,8-9,12-14,18-19,21,24,26,28,41H,6-7,10-11,15-17,20,38H2,1-3H3,(H,39,45)(H,40,44)/t24?,26?,28-/m1/s1. The topological polar surface area (TPSA) is 139 Å². The fraction of sp³-hybridized carbons (Fsp3) is 0.405. The van der Waals surface area contributed by atoms with Crippen LogP contribution in [-0.2, 0) is 27.2 Å². The van der Waals surface area contributed by atoms with Gasteiger partial charge in [0.2, 0.25) is 11.8 Å². The first-order chi connectivity index (χ1) is 22.1. The van der Waals surface area contributed by atoms with Gasteiger partial charge in [0, 0.05) is 35.7 Å². The van der Waals surface area contributed by atoms with E-state index in [9.17, 15) is 19.2 Å². The predicted molar refractivity (Wildman–Crippen MR) is 182 cm³/mol. The van der Waals surface area contributed by atoms with Gasteiger partial charge in [-0.25, -0.2) is 4.68 Å². The lowest BCUT2D eigenvalue weighted by molar-refractivity contribution is -0.129. The number of aromatic amines is 1. The lowest BCUT2D eigenvalue weighted by Gasteiger charge is -2.27. The van der Waals surface area contributed by atoms with Crippen LogP contribution in [0, 0.1) is 24.7 Å². The highest BCUT2D eigenvalue weighted by Gasteiger charge is 2.30. The summed E-state index contributed by atoms with van der Waals surface area (Å²) in [5, 5.41) is 9.76. The van der Waals surface area contributed by atoms with E-state index < -0.39 is 5.92 Å². The van der Waals surface area contributed by atoms with E-state index in [4.69, 9.17) is 5.73 Å². The molecule has 0 radical (unpaired) electrons. The van der Waals surface area contributed by atoms with Crippen LogP contribution in [0.2, 0.25) is 0 Å². The second-order valence-electron chi connectivity index (χ2n) is 13.4. The zero-order valence-corrected chi connectivity index (χ0v) is 26.8. The number of fused-ring (bicyclic) bond motifs is 2. The minimum atomic E-state index is -0.549. The van der Waals surface area contributed by atoms with Crippen molar-refractivity contribution in [1.29, 1.82) is 0 Å². The van der Waals surface area contributed by atoms with Crippen molar-refractivity contribution in [3.8, 4) is 11.1 Å². The van der Waals surface area contributed by atoms with E-state index in [0.717, 1.165) is 59.0 Å². The molecule has 0 bridgehead atoms. The minimum absolute atomic E-state index is 0.0223. The normalized spacial score (nSPS) is 18.4. The van der Waals surface area contributed by atoms with Crippen molar-refractivity contribution in [1.82, 2.24) is 9.78 Å². The molecule has 1 atom stereocenters. The Labute approximate surface area is 268 Å². The number of Topliss-reactive ketones (excluding diaryl/α,β-unsaturated/α-hetero) is 1. The molecule has 0 spiro atoms. The first-order valence-corrected chi connectivity index (χ1v) is 16.4. The molecule has 1 saturated carbocycles. The number of aryl methyl sites for hydroxylation is 1. The van der Waals surface area contributed by atoms with E-state index in [2.05, 4.69) is 15.7 Å². The average Bonchev–Trinajstić information content (AvgIpc) is 3.58. The highest BCUT2D eigenvalue weighted by Crippen LogP contribution is 2.32. The van der Waals surface area contributed by atoms with Gasteiger partial charge in [0.25, 0.3) is 5.56 Å². The van der Waals surface area contributed by atoms with E-state index in [-0.39, 0.29) is 41.5 Å². The Kier molecular flexibility index (Phi) is 8.95. The Morgan fingerprint density at radius 1 is 1.00 bits per heavy atom. The molecule has 9 nitrogen and oxygen atoms in total. The maximum absolute atomic E-state index is 13.7. The maximum atomic E-state index is 13.7. The number of nitrogens with zero attached hydrogens (tertiary/aromatic N) is 1. The van der Waals surface area contributed by atoms with E-state index in [1.54, 1.807) is 16.8 Å². The zero-order valence-electron chi connectivity index (χ0n) is 26.8. The predicted octanol–water partition coefficient (Wildman–Crippen LogP) is 5.90. The summed E-state index contributed by atoms with van der Waals surface area (Å²) in [5.74, 6) is -0.247. The highest BCUT2D eigenvalue weighted by molar-refractivity contribution is 6.01. The van der Waals surface area contributed by atoms with Gasteiger partial charge in [-0.1, -0.05) is 30.3 Å². The van der Waals surface area contributed by atoms with Crippen LogP contribution in [0.3, 0.4) is 0 Å². The summed E-state index contributed by atoms with van der Waals surface area (Å²) < 4.78 is 1.64. The Bertz CT molecular complexity index is 1840. The molecule has 0 saturated heterocycles. The number of carbonyl (C=O) groups is 3. The Morgan fingerprint density at radius 2 is 1.74 bits per heavy atom. The molecule has 1 aromatic heterocycles. The van der Waals surface area contributed by atoms with Gasteiger partial charge < -0.3 is 16.4 Å². The fourth-order valence-corrected chi connectivity index (χ4v) is 6.99. The van der Waals surface area contributed by atoms with E-state index in [1.807, 2.05) is 63.2 Å². The molecule has 1 aliphatic carbocycles. The lowest BCUT2D eigenvalue weighted by atomic mass is 9.77. The molecule has 2 aliphatic rings. The molecule has 5 N–H and O–H groups in total. The van der Waals surface area contributed by atoms with Crippen molar-refractivity contribution >= 4 is 39.9 Å². The SMILES string of the molecule is Cc1cc2c(=O)n(C(C)C)[nH]c2cc1-c1ccc(C[C@H](CC(=O)C2CCC(CN)CC2)C(=O)Nc2ccc3c(c2)NC(=O)C3)cc1. The number of amides is 2. The van der Waals surface area contributed by atoms with Crippen molar-refractivity contribution in [3.05, 3.63) is 81.6 Å². The smallest absolute Gasteiger partial charge is 0.274 e. The number of aromatic nitrogens is 2. The molecule has 4 aromatic rings. The van der Waals surface area contributed by atoms with Crippen molar-refractivity contribution in [3.63, 3.8) is 0 Å². The van der Waals surface area contributed by atoms with Gasteiger partial charge in [-0.2, -0.15) is 0 Å². The lowest BCUT2D eigenvalue weighted by Crippen LogP contribution is -2.31. The molecule has 2 heterocycles. The number of hydrogen-bond acceptors (Lipinski definition) is 5. The number of hydrogen-bond donors (Lipinski definition) is 4. The second-order valence-corrected chi connectivity index (χ2v) is 13.4. The third-order valence-corrected chi connectivity index (χ3v) is 9.77. The number of H-pyrrole nitrogens is 1. The van der Waals surface area contributed by atoms with Gasteiger partial charge in [-0.05, 0) is 117 Å². The fourth-order valence-electron chi connectivity index (χ4n) is 6.99. The summed E-state index contributed by atoms with van der Waals surface area (Å²) in [6.45, 7) is 6.61. The van der Waals surface area contributed by atoms with Crippen LogP contribution in [0.5, 0.6) is 0 Å². The molecular weight excluding hydrogens is 578 g/mol. The molecule has 46 heavy (non-hydrogen) atoms. The summed E-state index contributed by atoms with van der Waals surface area (Å²) in [6, 6.07) is 17.5. The van der Waals surface area contributed by atoms with Crippen LogP contribution in [0.25, 0.3) is 22.0 Å². The van der Waals surface area contributed by atoms with Gasteiger partial charge in [0.1, 0.15) is 5.78 Å². The van der Waals surface area contributed by atoms with Crippen LogP contribution in [0.15, 0.2) is 59.4 Å². The largest absolute Gasteiger partial charge is 0.330 e. The summed E-state index contributed by atoms with van der Waals surface area (Å²) >= 11 is 0. The number of ketones is 1. The summed E-state index contributed by atoms with van der Waals surface area (Å²) in [5.41, 5.74) is 12.9. The van der Waals surface area contributed by atoms with E-state index >= 15 is 0 Å². The van der Waals surface area contributed by atoms with Gasteiger partial charge in [0.15, 0.2) is 0 Å². The molecule has 3 aromatic carbocycles. The molecule has 240 valence electrons. The number of anilines is 2. The Balaban J connectivity index is 1.22. The molecule has 1 aliphatic heterocycles. The quantitative estimate of drug-likeness (QED) is 0.175. The molecule has 9 heteroatoms. The number of nitrogens with two attached hydrogens (primary N) is 1. The highest BCUT2D eigenvalue weighted by atomic mass is 16.2. The van der Waals surface area contributed by atoms with Crippen molar-refractivity contribution < 1.29 is 14.4 Å². The van der Waals surface area contributed by atoms with Crippen molar-refractivity contribution in [2.75, 3.05) is 17.2 Å². The molecular formula is C37H43N5O4. The zero-order chi connectivity index (χ0) is 32.5. The van der Waals surface area contributed by atoms with Gasteiger partial charge in [-0.3, -0.25) is 24.3 Å². The van der Waals surface area contributed by atoms with Crippen molar-refractivity contribution in [2.45, 2.75) is 71.8 Å². The second kappa shape index (κ2) is 13.1. The van der Waals surface area contributed by atoms with Gasteiger partial charge >= 0.3 is 0 Å². The van der Waals surface area contributed by atoms with Gasteiger partial charge in [0.05, 0.1) is 17.3 Å². The number of nitrogens with one attached hydrogen (secondary N) is 3. The third kappa shape index (κ3) is 6.56. The molecule has 0 unspecified atom stereocenters. The first-order valence-electron chi connectivity index (χ1n) is 16.4. The summed E-state index contributed by atoms with van der Waals surface area (Å²) in [7, 11) is 0. The number of carbonyl (C=O) groups excluding carboxylic acids is 3. The first kappa shape index (κ1) is 31.5. The summed E-state index contributed by atoms with van der Waals surface area (Å²) in [4.78, 5) is 51.9. The Hall–Kier alpha value is -4.50. The molecule has 6 rings (SSSR count). The third-order valence-electron chi connectivity index (χ3n) is 9.77. The van der Waals surface area contributed by atoms with Crippen LogP contribution in [0.1, 0.15) is 68.7 Å². The van der Waals surface area contributed by atoms with Crippen LogP contribution < -0.4 is 21.9 Å².